The van der Waals surface area contributed by atoms with Crippen molar-refractivity contribution in [3.05, 3.63) is 23.4 Å². The molecule has 2 aromatic heterocycles. The maximum absolute atomic E-state index is 14.0. The quantitative estimate of drug-likeness (QED) is 0.704. The molecule has 3 rings (SSSR count). The van der Waals surface area contributed by atoms with Gasteiger partial charge in [-0.25, -0.2) is 9.67 Å². The Balaban J connectivity index is 1.62. The van der Waals surface area contributed by atoms with Crippen molar-refractivity contribution in [3.8, 4) is 5.88 Å². The molecule has 0 unspecified atom stereocenters. The van der Waals surface area contributed by atoms with Crippen LogP contribution in [0.3, 0.4) is 0 Å². The van der Waals surface area contributed by atoms with E-state index in [9.17, 15) is 9.50 Å². The first kappa shape index (κ1) is 19.8. The van der Waals surface area contributed by atoms with E-state index in [0.29, 0.717) is 30.6 Å². The maximum Gasteiger partial charge on any atom is 0.255 e. The van der Waals surface area contributed by atoms with Crippen LogP contribution in [0.5, 0.6) is 5.88 Å². The van der Waals surface area contributed by atoms with Crippen LogP contribution in [-0.2, 0) is 11.3 Å². The lowest BCUT2D eigenvalue weighted by Gasteiger charge is -2.25. The summed E-state index contributed by atoms with van der Waals surface area (Å²) in [5.41, 5.74) is 0.506. The Bertz CT molecular complexity index is 752. The number of aliphatic hydroxyl groups excluding tert-OH is 1. The smallest absolute Gasteiger partial charge is 0.255 e. The largest absolute Gasteiger partial charge is 0.475 e. The Morgan fingerprint density at radius 2 is 2.11 bits per heavy atom. The third kappa shape index (κ3) is 5.27. The van der Waals surface area contributed by atoms with E-state index in [2.05, 4.69) is 20.4 Å². The zero-order chi connectivity index (χ0) is 19.2. The molecule has 0 spiro atoms. The molecule has 0 saturated heterocycles. The standard InChI is InChI=1S/C17H23ClFN5O3/c1-26-7-6-24-15(18)14(9-21-24)22-17-20-8-13(19)16(23-17)27-10-11-2-4-12(25)5-3-11/h8-9,11-12,25H,2-7,10H2,1H3,(H,20,22,23). The van der Waals surface area contributed by atoms with Gasteiger partial charge in [-0.3, -0.25) is 0 Å². The topological polar surface area (TPSA) is 94.3 Å². The van der Waals surface area contributed by atoms with Crippen LogP contribution in [0, 0.1) is 11.7 Å². The van der Waals surface area contributed by atoms with E-state index in [-0.39, 0.29) is 23.9 Å². The fraction of sp³-hybridized carbons (Fsp3) is 0.588. The van der Waals surface area contributed by atoms with E-state index in [1.54, 1.807) is 18.0 Å². The first-order chi connectivity index (χ1) is 13.1. The van der Waals surface area contributed by atoms with Gasteiger partial charge in [-0.05, 0) is 31.6 Å². The van der Waals surface area contributed by atoms with Crippen LogP contribution < -0.4 is 10.1 Å². The van der Waals surface area contributed by atoms with Gasteiger partial charge < -0.3 is 19.9 Å². The summed E-state index contributed by atoms with van der Waals surface area (Å²) in [5, 5.41) is 17.0. The fourth-order valence-corrected chi connectivity index (χ4v) is 3.15. The molecule has 0 aliphatic heterocycles. The molecule has 0 radical (unpaired) electrons. The molecule has 8 nitrogen and oxygen atoms in total. The highest BCUT2D eigenvalue weighted by Gasteiger charge is 2.21. The molecule has 148 valence electrons. The van der Waals surface area contributed by atoms with Crippen LogP contribution in [0.15, 0.2) is 12.4 Å². The summed E-state index contributed by atoms with van der Waals surface area (Å²) in [6, 6.07) is 0. The predicted molar refractivity (Wildman–Crippen MR) is 97.8 cm³/mol. The number of aliphatic hydroxyl groups is 1. The molecule has 0 aromatic carbocycles. The summed E-state index contributed by atoms with van der Waals surface area (Å²) in [7, 11) is 1.60. The second-order valence-electron chi connectivity index (χ2n) is 6.52. The number of rotatable bonds is 8. The molecule has 1 saturated carbocycles. The van der Waals surface area contributed by atoms with E-state index in [4.69, 9.17) is 21.1 Å². The van der Waals surface area contributed by atoms with Crippen LogP contribution in [0.1, 0.15) is 25.7 Å². The van der Waals surface area contributed by atoms with Crippen LogP contribution in [0.2, 0.25) is 5.15 Å². The molecule has 1 aliphatic carbocycles. The molecular weight excluding hydrogens is 377 g/mol. The van der Waals surface area contributed by atoms with Gasteiger partial charge in [0.1, 0.15) is 0 Å². The average molecular weight is 400 g/mol. The second-order valence-corrected chi connectivity index (χ2v) is 6.88. The van der Waals surface area contributed by atoms with Crippen LogP contribution >= 0.6 is 11.6 Å². The molecule has 0 atom stereocenters. The fourth-order valence-electron chi connectivity index (χ4n) is 2.93. The average Bonchev–Trinajstić information content (AvgIpc) is 3.01. The van der Waals surface area contributed by atoms with E-state index < -0.39 is 5.82 Å². The molecule has 2 aromatic rings. The Morgan fingerprint density at radius 1 is 1.33 bits per heavy atom. The van der Waals surface area contributed by atoms with Crippen molar-refractivity contribution in [2.75, 3.05) is 25.6 Å². The van der Waals surface area contributed by atoms with E-state index in [1.165, 1.54) is 0 Å². The van der Waals surface area contributed by atoms with Gasteiger partial charge in [0.15, 0.2) is 5.15 Å². The number of hydrogen-bond acceptors (Lipinski definition) is 7. The Kier molecular flexibility index (Phi) is 6.81. The summed E-state index contributed by atoms with van der Waals surface area (Å²) in [5.74, 6) is -0.286. The Hall–Kier alpha value is -1.97. The highest BCUT2D eigenvalue weighted by atomic mass is 35.5. The number of methoxy groups -OCH3 is 1. The first-order valence-electron chi connectivity index (χ1n) is 8.87. The monoisotopic (exact) mass is 399 g/mol. The molecule has 0 bridgehead atoms. The van der Waals surface area contributed by atoms with Crippen molar-refractivity contribution in [1.29, 1.82) is 0 Å². The van der Waals surface area contributed by atoms with Crippen LogP contribution in [0.4, 0.5) is 16.0 Å². The molecule has 1 fully saturated rings. The Labute approximate surface area is 161 Å². The van der Waals surface area contributed by atoms with Crippen molar-refractivity contribution in [3.63, 3.8) is 0 Å². The second kappa shape index (κ2) is 9.29. The summed E-state index contributed by atoms with van der Waals surface area (Å²) < 4.78 is 26.1. The lowest BCUT2D eigenvalue weighted by atomic mass is 9.88. The van der Waals surface area contributed by atoms with Gasteiger partial charge in [-0.15, -0.1) is 0 Å². The van der Waals surface area contributed by atoms with Crippen molar-refractivity contribution in [1.82, 2.24) is 19.7 Å². The van der Waals surface area contributed by atoms with Crippen molar-refractivity contribution in [2.24, 2.45) is 5.92 Å². The molecule has 2 heterocycles. The molecule has 1 aliphatic rings. The van der Waals surface area contributed by atoms with Crippen LogP contribution in [0.25, 0.3) is 0 Å². The van der Waals surface area contributed by atoms with E-state index >= 15 is 0 Å². The number of nitrogens with zero attached hydrogens (tertiary/aromatic N) is 4. The lowest BCUT2D eigenvalue weighted by Crippen LogP contribution is -2.23. The summed E-state index contributed by atoms with van der Waals surface area (Å²) in [4.78, 5) is 8.01. The minimum Gasteiger partial charge on any atom is -0.475 e. The predicted octanol–water partition coefficient (Wildman–Crippen LogP) is 2.79. The number of halogens is 2. The van der Waals surface area contributed by atoms with Gasteiger partial charge in [-0.1, -0.05) is 11.6 Å². The van der Waals surface area contributed by atoms with Gasteiger partial charge >= 0.3 is 0 Å². The minimum absolute atomic E-state index is 0.110. The molecule has 2 N–H and O–H groups in total. The minimum atomic E-state index is -0.627. The van der Waals surface area contributed by atoms with Crippen molar-refractivity contribution >= 4 is 23.2 Å². The van der Waals surface area contributed by atoms with Crippen LogP contribution in [-0.4, -0.2) is 51.3 Å². The van der Waals surface area contributed by atoms with Crippen molar-refractivity contribution in [2.45, 2.75) is 38.3 Å². The lowest BCUT2D eigenvalue weighted by molar-refractivity contribution is 0.0899. The zero-order valence-corrected chi connectivity index (χ0v) is 15.8. The third-order valence-corrected chi connectivity index (χ3v) is 4.91. The van der Waals surface area contributed by atoms with Gasteiger partial charge in [0.25, 0.3) is 5.88 Å². The number of anilines is 2. The van der Waals surface area contributed by atoms with Gasteiger partial charge in [0, 0.05) is 7.11 Å². The zero-order valence-electron chi connectivity index (χ0n) is 15.1. The van der Waals surface area contributed by atoms with Gasteiger partial charge in [0.2, 0.25) is 11.8 Å². The highest BCUT2D eigenvalue weighted by molar-refractivity contribution is 6.32. The summed E-state index contributed by atoms with van der Waals surface area (Å²) in [6.45, 7) is 1.34. The van der Waals surface area contributed by atoms with E-state index in [1.807, 2.05) is 0 Å². The van der Waals surface area contributed by atoms with E-state index in [0.717, 1.165) is 31.9 Å². The number of ether oxygens (including phenoxy) is 2. The third-order valence-electron chi connectivity index (χ3n) is 4.51. The molecule has 27 heavy (non-hydrogen) atoms. The first-order valence-corrected chi connectivity index (χ1v) is 9.25. The van der Waals surface area contributed by atoms with Gasteiger partial charge in [-0.2, -0.15) is 14.5 Å². The highest BCUT2D eigenvalue weighted by Crippen LogP contribution is 2.27. The van der Waals surface area contributed by atoms with Crippen molar-refractivity contribution < 1.29 is 19.0 Å². The molecular formula is C17H23ClFN5O3. The van der Waals surface area contributed by atoms with Gasteiger partial charge in [0.05, 0.1) is 43.9 Å². The number of hydrogen-bond donors (Lipinski definition) is 2. The summed E-state index contributed by atoms with van der Waals surface area (Å²) >= 11 is 6.26. The number of aromatic nitrogens is 4. The SMILES string of the molecule is COCCn1ncc(Nc2ncc(F)c(OCC3CCC(O)CC3)n2)c1Cl. The normalized spacial score (nSPS) is 19.9. The number of nitrogens with one attached hydrogen (secondary N) is 1. The molecule has 10 heteroatoms. The molecule has 0 amide bonds. The maximum atomic E-state index is 14.0. The summed E-state index contributed by atoms with van der Waals surface area (Å²) in [6.07, 6.45) is 5.57. The Morgan fingerprint density at radius 3 is 2.85 bits per heavy atom.